The molecule has 0 bridgehead atoms. The van der Waals surface area contributed by atoms with Crippen LogP contribution in [0.3, 0.4) is 0 Å². The number of carboxylic acid groups (broad SMARTS) is 1. The fourth-order valence-electron chi connectivity index (χ4n) is 12.9. The summed E-state index contributed by atoms with van der Waals surface area (Å²) in [4.78, 5) is 79.9. The molecule has 3 aromatic carbocycles. The number of carbonyl (C=O) groups excluding carboxylic acids is 3. The molecule has 1 amide bonds. The van der Waals surface area contributed by atoms with E-state index in [0.717, 1.165) is 81.0 Å². The lowest BCUT2D eigenvalue weighted by Crippen LogP contribution is -2.66. The normalized spacial score (nSPS) is 20.9. The lowest BCUT2D eigenvalue weighted by atomic mass is 9.79. The van der Waals surface area contributed by atoms with Gasteiger partial charge in [0, 0.05) is 58.6 Å². The molecule has 20 nitrogen and oxygen atoms in total. The Labute approximate surface area is 520 Å². The Morgan fingerprint density at radius 3 is 1.77 bits per heavy atom. The number of morpholine rings is 1. The van der Waals surface area contributed by atoms with Gasteiger partial charge in [-0.1, -0.05) is 148 Å². The summed E-state index contributed by atoms with van der Waals surface area (Å²) in [6.45, 7) is 21.0. The Kier molecular flexibility index (Phi) is 27.0. The third-order valence-corrected chi connectivity index (χ3v) is 23.1. The number of nitrogens with one attached hydrogen (secondary N) is 2. The summed E-state index contributed by atoms with van der Waals surface area (Å²) >= 11 is 0. The van der Waals surface area contributed by atoms with E-state index >= 15 is 0 Å². The van der Waals surface area contributed by atoms with Gasteiger partial charge in [-0.2, -0.15) is 0 Å². The average Bonchev–Trinajstić information content (AvgIpc) is 0.818. The number of unbranched alkanes of at least 4 members (excludes halogenated alkanes) is 9. The number of esters is 2. The van der Waals surface area contributed by atoms with E-state index in [9.17, 15) is 33.9 Å². The largest absolute Gasteiger partial charge is 0.497 e. The molecule has 2 aliphatic heterocycles. The van der Waals surface area contributed by atoms with Crippen LogP contribution in [0.15, 0.2) is 94.6 Å². The Bertz CT molecular complexity index is 2890. The van der Waals surface area contributed by atoms with Crippen molar-refractivity contribution in [2.75, 3.05) is 53.7 Å². The molecular weight excluding hydrogens is 1140 g/mol. The lowest BCUT2D eigenvalue weighted by Gasteiger charge is -2.50. The fraction of sp³-hybridized carbons (Fsp3) is 0.597. The number of hydrogen-bond donors (Lipinski definition) is 3. The zero-order chi connectivity index (χ0) is 64.2. The van der Waals surface area contributed by atoms with Crippen molar-refractivity contribution in [3.05, 3.63) is 135 Å². The first kappa shape index (κ1) is 70.9. The zero-order valence-electron chi connectivity index (χ0n) is 53.8. The van der Waals surface area contributed by atoms with Crippen LogP contribution in [0, 0.1) is 13.3 Å². The number of methoxy groups -OCH3 is 2. The second-order valence-corrected chi connectivity index (χ2v) is 29.9. The summed E-state index contributed by atoms with van der Waals surface area (Å²) in [5, 5.41) is 12.1. The second-order valence-electron chi connectivity index (χ2n) is 24.5. The standard InChI is InChI=1S/C67H97N4O16Si/c1-45(2)88(46(3)4,47(5)6)83-44-66(43-82-67(52-26-22-21-23-27-52,53-28-32-55(79-11)33-29-53)54-30-34-56(80-12)35-31-54)42-70(41-58(87-66)71-40-48(7)63(77)69-65(71)78)38-24-19-17-15-13-14-16-18-20-25-39-81-64-60(68-49(8)72)62(85-51(10)74)61(84-50(9)73)57(86-64)36-37-59(75)76/h21-23,26-36,40,45-47,57-58,60-62,64H,13-20,24-25,37-39,41-44H2,1-12H3,(H,68,72)(H,75,76)(H,69,77,78)/t57-,58-,60-,61-,62-,64-,66+/m1/s1. The number of amides is 1. The number of benzene rings is 3. The first-order chi connectivity index (χ1) is 42.0. The number of rotatable bonds is 35. The number of aromatic nitrogens is 2. The predicted molar refractivity (Wildman–Crippen MR) is 337 cm³/mol. The van der Waals surface area contributed by atoms with Gasteiger partial charge in [-0.3, -0.25) is 38.4 Å². The topological polar surface area (TPSA) is 242 Å². The molecule has 4 aromatic rings. The van der Waals surface area contributed by atoms with Crippen LogP contribution in [0.4, 0.5) is 0 Å². The monoisotopic (exact) mass is 1240 g/mol. The SMILES string of the molecule is COc1ccc(C(OC[C@]2(CO[Si](C(C)C)(C(C)C)C(C)C)CN(CCCCCCCCCCCCO[C@@H]3O[C@H]([CH]CC(=O)O)[C@@H](OC(C)=O)[C@H](OC(C)=O)[C@H]3NC(C)=O)C[C@H](n3cc(C)c(=O)[nH]c3=O)O2)(c2ccccc2)c2ccc(OC)cc2)cc1. The van der Waals surface area contributed by atoms with E-state index in [0.29, 0.717) is 36.6 Å². The van der Waals surface area contributed by atoms with Gasteiger partial charge < -0.3 is 52.7 Å². The maximum Gasteiger partial charge on any atom is 0.330 e. The van der Waals surface area contributed by atoms with Gasteiger partial charge in [0.25, 0.3) is 5.56 Å². The smallest absolute Gasteiger partial charge is 0.330 e. The maximum atomic E-state index is 13.9. The van der Waals surface area contributed by atoms with Gasteiger partial charge >= 0.3 is 23.6 Å². The second kappa shape index (κ2) is 33.6. The fourth-order valence-corrected chi connectivity index (χ4v) is 18.5. The van der Waals surface area contributed by atoms with Crippen molar-refractivity contribution >= 4 is 32.1 Å². The number of nitrogens with zero attached hydrogens (tertiary/aromatic N) is 2. The van der Waals surface area contributed by atoms with Crippen LogP contribution >= 0.6 is 0 Å². The maximum absolute atomic E-state index is 13.9. The molecule has 1 aromatic heterocycles. The summed E-state index contributed by atoms with van der Waals surface area (Å²) < 4.78 is 58.8. The van der Waals surface area contributed by atoms with Gasteiger partial charge in [0.1, 0.15) is 34.8 Å². The van der Waals surface area contributed by atoms with Crippen LogP contribution in [0.25, 0.3) is 0 Å². The van der Waals surface area contributed by atoms with E-state index in [1.165, 1.54) is 31.8 Å². The Morgan fingerprint density at radius 2 is 1.26 bits per heavy atom. The molecule has 0 unspecified atom stereocenters. The molecule has 7 atom stereocenters. The van der Waals surface area contributed by atoms with Gasteiger partial charge in [0.2, 0.25) is 5.91 Å². The van der Waals surface area contributed by atoms with Crippen molar-refractivity contribution in [1.29, 1.82) is 0 Å². The molecule has 0 spiro atoms. The van der Waals surface area contributed by atoms with Crippen molar-refractivity contribution in [1.82, 2.24) is 19.8 Å². The molecule has 21 heteroatoms. The molecule has 6 rings (SSSR count). The molecule has 2 fully saturated rings. The number of ether oxygens (including phenoxy) is 8. The van der Waals surface area contributed by atoms with Crippen LogP contribution in [-0.2, 0) is 57.6 Å². The summed E-state index contributed by atoms with van der Waals surface area (Å²) in [6, 6.07) is 25.0. The highest BCUT2D eigenvalue weighted by molar-refractivity contribution is 6.77. The van der Waals surface area contributed by atoms with Crippen molar-refractivity contribution < 1.29 is 66.6 Å². The lowest BCUT2D eigenvalue weighted by molar-refractivity contribution is -0.265. The van der Waals surface area contributed by atoms with Crippen LogP contribution in [0.2, 0.25) is 16.6 Å². The molecule has 0 aliphatic carbocycles. The molecule has 3 N–H and O–H groups in total. The van der Waals surface area contributed by atoms with E-state index in [2.05, 4.69) is 68.9 Å². The Balaban J connectivity index is 1.16. The van der Waals surface area contributed by atoms with Crippen molar-refractivity contribution in [2.24, 2.45) is 0 Å². The quantitative estimate of drug-likeness (QED) is 0.0168. The van der Waals surface area contributed by atoms with Crippen molar-refractivity contribution in [3.63, 3.8) is 0 Å². The van der Waals surface area contributed by atoms with Gasteiger partial charge in [-0.25, -0.2) is 4.79 Å². The van der Waals surface area contributed by atoms with Crippen molar-refractivity contribution in [2.45, 2.75) is 205 Å². The highest BCUT2D eigenvalue weighted by atomic mass is 28.4. The van der Waals surface area contributed by atoms with Gasteiger partial charge in [-0.15, -0.1) is 0 Å². The van der Waals surface area contributed by atoms with Gasteiger partial charge in [0.05, 0.1) is 33.9 Å². The Morgan fingerprint density at radius 1 is 0.739 bits per heavy atom. The number of aliphatic carboxylic acids is 1. The number of aromatic amines is 1. The number of carbonyl (C=O) groups is 4. The Hall–Kier alpha value is -6.20. The van der Waals surface area contributed by atoms with E-state index in [4.69, 9.17) is 42.3 Å². The van der Waals surface area contributed by atoms with Crippen LogP contribution < -0.4 is 26.0 Å². The predicted octanol–water partition coefficient (Wildman–Crippen LogP) is 10.3. The first-order valence-electron chi connectivity index (χ1n) is 31.3. The molecule has 3 heterocycles. The zero-order valence-corrected chi connectivity index (χ0v) is 54.8. The summed E-state index contributed by atoms with van der Waals surface area (Å²) in [6.07, 6.45) is 6.71. The summed E-state index contributed by atoms with van der Waals surface area (Å²) in [5.41, 5.74) is 0.493. The van der Waals surface area contributed by atoms with Crippen LogP contribution in [-0.4, -0.2) is 142 Å². The summed E-state index contributed by atoms with van der Waals surface area (Å²) in [7, 11) is 0.745. The molecule has 88 heavy (non-hydrogen) atoms. The van der Waals surface area contributed by atoms with E-state index in [1.807, 2.05) is 66.7 Å². The minimum absolute atomic E-state index is 0.0523. The number of aryl methyl sites for hydroxylation is 1. The number of hydrogen-bond acceptors (Lipinski definition) is 16. The molecular formula is C67H97N4O16Si. The summed E-state index contributed by atoms with van der Waals surface area (Å²) in [5.74, 6) is -1.58. The molecule has 1 radical (unpaired) electrons. The third-order valence-electron chi connectivity index (χ3n) is 17.0. The third kappa shape index (κ3) is 18.7. The minimum Gasteiger partial charge on any atom is -0.497 e. The molecule has 2 aliphatic rings. The first-order valence-corrected chi connectivity index (χ1v) is 33.4. The molecule has 0 saturated carbocycles. The molecule has 485 valence electrons. The van der Waals surface area contributed by atoms with Crippen molar-refractivity contribution in [3.8, 4) is 11.5 Å². The van der Waals surface area contributed by atoms with Crippen LogP contribution in [0.1, 0.15) is 161 Å². The van der Waals surface area contributed by atoms with Gasteiger partial charge in [0.15, 0.2) is 33.0 Å². The van der Waals surface area contributed by atoms with E-state index < -0.39 is 97.9 Å². The highest BCUT2D eigenvalue weighted by Crippen LogP contribution is 2.46. The minimum atomic E-state index is -2.55. The average molecular weight is 1240 g/mol. The molecule has 2 saturated heterocycles. The van der Waals surface area contributed by atoms with Crippen LogP contribution in [0.5, 0.6) is 11.5 Å². The highest BCUT2D eigenvalue weighted by Gasteiger charge is 2.53. The van der Waals surface area contributed by atoms with E-state index in [1.54, 1.807) is 27.3 Å². The number of H-pyrrole nitrogens is 1. The van der Waals surface area contributed by atoms with E-state index in [-0.39, 0.29) is 36.4 Å². The van der Waals surface area contributed by atoms with Gasteiger partial charge in [-0.05, 0) is 83.9 Å². The number of carboxylic acids is 1.